The summed E-state index contributed by atoms with van der Waals surface area (Å²) < 4.78 is 7.72. The van der Waals surface area contributed by atoms with Crippen LogP contribution in [-0.4, -0.2) is 42.7 Å². The van der Waals surface area contributed by atoms with E-state index < -0.39 is 0 Å². The maximum absolute atomic E-state index is 13.2. The first kappa shape index (κ1) is 26.3. The first-order valence-corrected chi connectivity index (χ1v) is 13.7. The third-order valence-corrected chi connectivity index (χ3v) is 7.79. The Morgan fingerprint density at radius 1 is 1.17 bits per heavy atom. The van der Waals surface area contributed by atoms with Crippen LogP contribution in [0.25, 0.3) is 10.9 Å². The topological polar surface area (TPSA) is 88.9 Å². The van der Waals surface area contributed by atoms with Crippen LogP contribution in [-0.2, 0) is 12.1 Å². The number of fused-ring (bicyclic) bond motifs is 1. The summed E-state index contributed by atoms with van der Waals surface area (Å²) in [5, 5.41) is 14.1. The van der Waals surface area contributed by atoms with Crippen molar-refractivity contribution in [3.8, 4) is 5.75 Å². The van der Waals surface area contributed by atoms with Gasteiger partial charge in [0.05, 0.1) is 18.2 Å². The molecule has 1 atom stereocenters. The van der Waals surface area contributed by atoms with Crippen LogP contribution in [0.2, 0.25) is 0 Å². The molecule has 3 aromatic rings. The highest BCUT2D eigenvalue weighted by Gasteiger charge is 2.35. The van der Waals surface area contributed by atoms with Gasteiger partial charge in [-0.05, 0) is 81.1 Å². The summed E-state index contributed by atoms with van der Waals surface area (Å²) in [5.74, 6) is 1.72. The van der Waals surface area contributed by atoms with Gasteiger partial charge >= 0.3 is 0 Å². The molecule has 1 aliphatic carbocycles. The van der Waals surface area contributed by atoms with Gasteiger partial charge < -0.3 is 9.72 Å². The van der Waals surface area contributed by atoms with E-state index in [4.69, 9.17) is 4.74 Å². The minimum absolute atomic E-state index is 0.0313. The van der Waals surface area contributed by atoms with Crippen LogP contribution in [0.1, 0.15) is 103 Å². The quantitative estimate of drug-likeness (QED) is 0.366. The van der Waals surface area contributed by atoms with E-state index in [0.717, 1.165) is 60.1 Å². The second kappa shape index (κ2) is 11.5. The largest absolute Gasteiger partial charge is 0.494 e. The minimum atomic E-state index is -0.181. The van der Waals surface area contributed by atoms with E-state index in [1.54, 1.807) is 0 Å². The fourth-order valence-electron chi connectivity index (χ4n) is 5.41. The second-order valence-corrected chi connectivity index (χ2v) is 10.7. The number of hydrogen-bond donors (Lipinski definition) is 1. The molecule has 0 saturated heterocycles. The molecule has 1 N–H and O–H groups in total. The summed E-state index contributed by atoms with van der Waals surface area (Å²) in [6, 6.07) is 8.32. The Labute approximate surface area is 214 Å². The van der Waals surface area contributed by atoms with Crippen LogP contribution in [0.5, 0.6) is 5.75 Å². The molecular formula is C28H42N6O2. The Kier molecular flexibility index (Phi) is 8.44. The zero-order valence-corrected chi connectivity index (χ0v) is 22.6. The molecule has 0 spiro atoms. The molecule has 1 saturated carbocycles. The van der Waals surface area contributed by atoms with Gasteiger partial charge in [0.25, 0.3) is 5.56 Å². The lowest BCUT2D eigenvalue weighted by Crippen LogP contribution is -2.42. The van der Waals surface area contributed by atoms with Crippen LogP contribution < -0.4 is 10.3 Å². The number of rotatable bonds is 11. The molecule has 4 rings (SSSR count). The number of benzene rings is 1. The van der Waals surface area contributed by atoms with Crippen molar-refractivity contribution < 1.29 is 4.74 Å². The van der Waals surface area contributed by atoms with Crippen molar-refractivity contribution in [1.82, 2.24) is 30.1 Å². The molecule has 36 heavy (non-hydrogen) atoms. The molecule has 8 nitrogen and oxygen atoms in total. The van der Waals surface area contributed by atoms with Crippen LogP contribution in [0.4, 0.5) is 0 Å². The number of nitrogens with one attached hydrogen (secondary N) is 1. The Bertz CT molecular complexity index is 1190. The monoisotopic (exact) mass is 494 g/mol. The fraction of sp³-hybridized carbons (Fsp3) is 0.643. The number of H-pyrrole nitrogens is 1. The number of tetrazole rings is 1. The predicted molar refractivity (Wildman–Crippen MR) is 143 cm³/mol. The van der Waals surface area contributed by atoms with E-state index in [1.807, 2.05) is 35.9 Å². The SMILES string of the molecule is CCC[C@@H](c1nnnn1C(C)(C)CC)N(Cc1cc2cc(OCC)ccc2[nH]c1=O)C1CCCCC1. The molecule has 2 aromatic heterocycles. The van der Waals surface area contributed by atoms with Gasteiger partial charge in [-0.25, -0.2) is 4.68 Å². The van der Waals surface area contributed by atoms with Crippen molar-refractivity contribution in [2.24, 2.45) is 0 Å². The van der Waals surface area contributed by atoms with Crippen molar-refractivity contribution in [2.45, 2.75) is 110 Å². The number of nitrogens with zero attached hydrogens (tertiary/aromatic N) is 5. The van der Waals surface area contributed by atoms with Gasteiger partial charge in [0.2, 0.25) is 0 Å². The molecule has 0 amide bonds. The van der Waals surface area contributed by atoms with Gasteiger partial charge in [-0.15, -0.1) is 5.10 Å². The third kappa shape index (κ3) is 5.64. The molecule has 0 unspecified atom stereocenters. The molecule has 1 fully saturated rings. The first-order chi connectivity index (χ1) is 17.4. The summed E-state index contributed by atoms with van der Waals surface area (Å²) in [5.41, 5.74) is 1.39. The molecule has 0 aliphatic heterocycles. The van der Waals surface area contributed by atoms with Crippen LogP contribution in [0.15, 0.2) is 29.1 Å². The highest BCUT2D eigenvalue weighted by molar-refractivity contribution is 5.80. The van der Waals surface area contributed by atoms with Crippen molar-refractivity contribution in [3.05, 3.63) is 46.0 Å². The Hall–Kier alpha value is -2.74. The summed E-state index contributed by atoms with van der Waals surface area (Å²) in [4.78, 5) is 18.9. The minimum Gasteiger partial charge on any atom is -0.494 e. The zero-order chi connectivity index (χ0) is 25.7. The van der Waals surface area contributed by atoms with E-state index in [9.17, 15) is 4.79 Å². The summed E-state index contributed by atoms with van der Waals surface area (Å²) in [6.07, 6.45) is 8.88. The normalized spacial score (nSPS) is 16.1. The van der Waals surface area contributed by atoms with Crippen molar-refractivity contribution >= 4 is 10.9 Å². The smallest absolute Gasteiger partial charge is 0.252 e. The molecular weight excluding hydrogens is 452 g/mol. The molecule has 0 radical (unpaired) electrons. The maximum Gasteiger partial charge on any atom is 0.252 e. The lowest BCUT2D eigenvalue weighted by atomic mass is 9.91. The van der Waals surface area contributed by atoms with Gasteiger partial charge in [0.15, 0.2) is 5.82 Å². The predicted octanol–water partition coefficient (Wildman–Crippen LogP) is 5.73. The molecule has 8 heteroatoms. The van der Waals surface area contributed by atoms with Gasteiger partial charge in [-0.1, -0.05) is 39.5 Å². The average Bonchev–Trinajstić information content (AvgIpc) is 3.38. The van der Waals surface area contributed by atoms with Gasteiger partial charge in [-0.3, -0.25) is 9.69 Å². The Morgan fingerprint density at radius 3 is 2.64 bits per heavy atom. The van der Waals surface area contributed by atoms with Crippen molar-refractivity contribution in [1.29, 1.82) is 0 Å². The molecule has 2 heterocycles. The fourth-order valence-corrected chi connectivity index (χ4v) is 5.41. The number of ether oxygens (including phenoxy) is 1. The average molecular weight is 495 g/mol. The Morgan fingerprint density at radius 2 is 1.94 bits per heavy atom. The van der Waals surface area contributed by atoms with Crippen molar-refractivity contribution in [2.75, 3.05) is 6.61 Å². The number of aromatic amines is 1. The molecule has 1 aliphatic rings. The number of aromatic nitrogens is 5. The molecule has 1 aromatic carbocycles. The van der Waals surface area contributed by atoms with E-state index >= 15 is 0 Å². The summed E-state index contributed by atoms with van der Waals surface area (Å²) >= 11 is 0. The van der Waals surface area contributed by atoms with E-state index in [2.05, 4.69) is 53.1 Å². The van der Waals surface area contributed by atoms with Crippen LogP contribution in [0.3, 0.4) is 0 Å². The van der Waals surface area contributed by atoms with E-state index in [-0.39, 0.29) is 17.1 Å². The lowest BCUT2D eigenvalue weighted by molar-refractivity contribution is 0.0770. The standard InChI is InChI=1S/C28H42N6O2/c1-6-12-25(26-30-31-32-34(26)28(4,5)7-2)33(22-13-10-9-11-14-22)19-21-17-20-18-23(36-8-3)15-16-24(20)29-27(21)35/h15-18,22,25H,6-14,19H2,1-5H3,(H,29,35)/t25-/m0/s1. The lowest BCUT2D eigenvalue weighted by Gasteiger charge is -2.40. The zero-order valence-electron chi connectivity index (χ0n) is 22.6. The first-order valence-electron chi connectivity index (χ1n) is 13.7. The van der Waals surface area contributed by atoms with Crippen LogP contribution >= 0.6 is 0 Å². The van der Waals surface area contributed by atoms with Crippen LogP contribution in [0, 0.1) is 0 Å². The third-order valence-electron chi connectivity index (χ3n) is 7.79. The van der Waals surface area contributed by atoms with E-state index in [1.165, 1.54) is 19.3 Å². The van der Waals surface area contributed by atoms with Gasteiger partial charge in [0.1, 0.15) is 5.75 Å². The van der Waals surface area contributed by atoms with E-state index in [0.29, 0.717) is 19.2 Å². The maximum atomic E-state index is 13.2. The van der Waals surface area contributed by atoms with Crippen molar-refractivity contribution in [3.63, 3.8) is 0 Å². The Balaban J connectivity index is 1.77. The van der Waals surface area contributed by atoms with Gasteiger partial charge in [-0.2, -0.15) is 0 Å². The molecule has 196 valence electrons. The molecule has 0 bridgehead atoms. The summed E-state index contributed by atoms with van der Waals surface area (Å²) in [7, 11) is 0. The van der Waals surface area contributed by atoms with Gasteiger partial charge in [0, 0.05) is 29.1 Å². The highest BCUT2D eigenvalue weighted by Crippen LogP contribution is 2.35. The second-order valence-electron chi connectivity index (χ2n) is 10.7. The summed E-state index contributed by atoms with van der Waals surface area (Å²) in [6.45, 7) is 11.9. The number of hydrogen-bond acceptors (Lipinski definition) is 6. The number of pyridine rings is 1. The highest BCUT2D eigenvalue weighted by atomic mass is 16.5.